The molecule has 2 aliphatic rings. The van der Waals surface area contributed by atoms with Gasteiger partial charge in [0.2, 0.25) is 0 Å². The minimum atomic E-state index is -1.40. The van der Waals surface area contributed by atoms with Crippen molar-refractivity contribution in [2.75, 3.05) is 33.7 Å². The first-order valence-corrected chi connectivity index (χ1v) is 11.8. The van der Waals surface area contributed by atoms with E-state index in [0.29, 0.717) is 6.04 Å². The molecule has 1 N–H and O–H groups in total. The molecule has 1 unspecified atom stereocenters. The Hall–Kier alpha value is -2.17. The lowest BCUT2D eigenvalue weighted by molar-refractivity contribution is -0.912. The Morgan fingerprint density at radius 2 is 1.61 bits per heavy atom. The largest absolute Gasteiger partial charge is 0.375 e. The van der Waals surface area contributed by atoms with Crippen molar-refractivity contribution in [2.45, 2.75) is 50.2 Å². The summed E-state index contributed by atoms with van der Waals surface area (Å²) in [5.41, 5.74) is 0.723. The van der Waals surface area contributed by atoms with Crippen molar-refractivity contribution in [3.63, 3.8) is 0 Å². The summed E-state index contributed by atoms with van der Waals surface area (Å²) in [5.74, 6) is -0.0711. The fraction of sp³-hybridized carbons (Fsp3) is 0.519. The Bertz CT molecular complexity index is 861. The Labute approximate surface area is 187 Å². The minimum absolute atomic E-state index is 0.0158. The fourth-order valence-electron chi connectivity index (χ4n) is 5.55. The van der Waals surface area contributed by atoms with E-state index >= 15 is 0 Å². The van der Waals surface area contributed by atoms with Crippen molar-refractivity contribution in [3.8, 4) is 0 Å². The standard InChI is InChI=1S/C27H37N2O2/c1-29(2,20-18-22-11-5-3-6-12-22)25-17-19-28(21-25)26(30)27(31,24-15-9-10-16-24)23-13-7-4-8-14-23/h3-8,11-14,24-25,31H,9-10,15-21H2,1-2H3/q+1/t25?,27-/m0/s1. The lowest BCUT2D eigenvalue weighted by Crippen LogP contribution is -2.54. The summed E-state index contributed by atoms with van der Waals surface area (Å²) in [6.07, 6.45) is 6.07. The molecule has 1 saturated carbocycles. The zero-order chi connectivity index (χ0) is 21.9. The minimum Gasteiger partial charge on any atom is -0.375 e. The average molecular weight is 422 g/mol. The van der Waals surface area contributed by atoms with Crippen LogP contribution in [0.1, 0.15) is 43.2 Å². The average Bonchev–Trinajstić information content (AvgIpc) is 3.51. The predicted octanol–water partition coefficient (Wildman–Crippen LogP) is 3.98. The highest BCUT2D eigenvalue weighted by Crippen LogP contribution is 2.42. The van der Waals surface area contributed by atoms with E-state index in [1.54, 1.807) is 0 Å². The first-order valence-electron chi connectivity index (χ1n) is 11.8. The summed E-state index contributed by atoms with van der Waals surface area (Å²) in [5, 5.41) is 11.9. The van der Waals surface area contributed by atoms with E-state index in [4.69, 9.17) is 0 Å². The quantitative estimate of drug-likeness (QED) is 0.687. The number of aliphatic hydroxyl groups is 1. The van der Waals surface area contributed by atoms with Crippen LogP contribution in [0.4, 0.5) is 0 Å². The number of rotatable bonds is 7. The summed E-state index contributed by atoms with van der Waals surface area (Å²) in [6, 6.07) is 20.7. The van der Waals surface area contributed by atoms with Gasteiger partial charge in [0.05, 0.1) is 27.2 Å². The molecule has 2 aromatic carbocycles. The van der Waals surface area contributed by atoms with Gasteiger partial charge in [-0.25, -0.2) is 0 Å². The summed E-state index contributed by atoms with van der Waals surface area (Å²) < 4.78 is 0.895. The molecule has 1 aliphatic carbocycles. The van der Waals surface area contributed by atoms with Crippen molar-refractivity contribution >= 4 is 5.91 Å². The van der Waals surface area contributed by atoms with Crippen molar-refractivity contribution in [1.29, 1.82) is 0 Å². The molecule has 0 spiro atoms. The summed E-state index contributed by atoms with van der Waals surface area (Å²) >= 11 is 0. The van der Waals surface area contributed by atoms with E-state index in [1.807, 2.05) is 35.2 Å². The van der Waals surface area contributed by atoms with Gasteiger partial charge < -0.3 is 14.5 Å². The lowest BCUT2D eigenvalue weighted by Gasteiger charge is -2.38. The molecule has 166 valence electrons. The number of nitrogens with zero attached hydrogens (tertiary/aromatic N) is 2. The maximum atomic E-state index is 13.8. The third-order valence-corrected chi connectivity index (χ3v) is 7.74. The summed E-state index contributed by atoms with van der Waals surface area (Å²) in [4.78, 5) is 15.7. The molecular formula is C27H37N2O2+. The second kappa shape index (κ2) is 9.13. The van der Waals surface area contributed by atoms with Crippen molar-refractivity contribution in [1.82, 2.24) is 4.90 Å². The molecule has 31 heavy (non-hydrogen) atoms. The van der Waals surface area contributed by atoms with Crippen LogP contribution in [0.5, 0.6) is 0 Å². The van der Waals surface area contributed by atoms with Gasteiger partial charge in [-0.3, -0.25) is 4.79 Å². The lowest BCUT2D eigenvalue weighted by atomic mass is 9.79. The maximum absolute atomic E-state index is 13.8. The molecule has 0 bridgehead atoms. The van der Waals surface area contributed by atoms with Gasteiger partial charge in [0, 0.05) is 25.3 Å². The number of likely N-dealkylation sites (N-methyl/N-ethyl adjacent to an activating group) is 1. The highest BCUT2D eigenvalue weighted by molar-refractivity contribution is 5.87. The third kappa shape index (κ3) is 4.56. The topological polar surface area (TPSA) is 40.5 Å². The normalized spacial score (nSPS) is 21.9. The van der Waals surface area contributed by atoms with E-state index in [0.717, 1.165) is 68.2 Å². The van der Waals surface area contributed by atoms with Crippen LogP contribution >= 0.6 is 0 Å². The van der Waals surface area contributed by atoms with Gasteiger partial charge in [-0.2, -0.15) is 0 Å². The molecule has 0 radical (unpaired) electrons. The van der Waals surface area contributed by atoms with Gasteiger partial charge in [0.25, 0.3) is 5.91 Å². The van der Waals surface area contributed by atoms with Crippen LogP contribution in [0.2, 0.25) is 0 Å². The molecule has 4 rings (SSSR count). The van der Waals surface area contributed by atoms with Gasteiger partial charge in [0.1, 0.15) is 6.04 Å². The van der Waals surface area contributed by atoms with E-state index in [1.165, 1.54) is 5.56 Å². The molecular weight excluding hydrogens is 384 g/mol. The van der Waals surface area contributed by atoms with E-state index in [2.05, 4.69) is 44.4 Å². The van der Waals surface area contributed by atoms with Gasteiger partial charge in [-0.1, -0.05) is 73.5 Å². The zero-order valence-electron chi connectivity index (χ0n) is 19.0. The van der Waals surface area contributed by atoms with Gasteiger partial charge >= 0.3 is 0 Å². The molecule has 1 amide bonds. The Morgan fingerprint density at radius 1 is 1.00 bits per heavy atom. The van der Waals surface area contributed by atoms with Crippen LogP contribution in [0.15, 0.2) is 60.7 Å². The van der Waals surface area contributed by atoms with Crippen LogP contribution in [0, 0.1) is 5.92 Å². The van der Waals surface area contributed by atoms with Crippen LogP contribution < -0.4 is 0 Å². The van der Waals surface area contributed by atoms with Gasteiger partial charge in [-0.05, 0) is 24.0 Å². The Kier molecular flexibility index (Phi) is 6.49. The number of amides is 1. The molecule has 2 aromatic rings. The third-order valence-electron chi connectivity index (χ3n) is 7.74. The number of quaternary nitrogens is 1. The van der Waals surface area contributed by atoms with Crippen molar-refractivity contribution in [2.24, 2.45) is 5.92 Å². The summed E-state index contributed by atoms with van der Waals surface area (Å²) in [7, 11) is 4.56. The molecule has 4 heteroatoms. The van der Waals surface area contributed by atoms with E-state index in [9.17, 15) is 9.90 Å². The SMILES string of the molecule is C[N+](C)(CCc1ccccc1)C1CCN(C(=O)[C@](O)(c2ccccc2)C2CCCC2)C1. The monoisotopic (exact) mass is 421 g/mol. The van der Waals surface area contributed by atoms with E-state index in [-0.39, 0.29) is 11.8 Å². The van der Waals surface area contributed by atoms with Crippen molar-refractivity contribution < 1.29 is 14.4 Å². The number of carbonyl (C=O) groups is 1. The second-order valence-corrected chi connectivity index (χ2v) is 10.0. The van der Waals surface area contributed by atoms with Crippen LogP contribution in [-0.2, 0) is 16.8 Å². The zero-order valence-corrected chi connectivity index (χ0v) is 19.0. The van der Waals surface area contributed by atoms with Gasteiger partial charge in [0.15, 0.2) is 5.60 Å². The molecule has 0 aromatic heterocycles. The molecule has 2 atom stereocenters. The van der Waals surface area contributed by atoms with E-state index < -0.39 is 5.60 Å². The predicted molar refractivity (Wildman–Crippen MR) is 124 cm³/mol. The fourth-order valence-corrected chi connectivity index (χ4v) is 5.55. The molecule has 4 nitrogen and oxygen atoms in total. The molecule has 1 aliphatic heterocycles. The number of hydrogen-bond acceptors (Lipinski definition) is 2. The number of benzene rings is 2. The highest BCUT2D eigenvalue weighted by Gasteiger charge is 2.50. The van der Waals surface area contributed by atoms with Crippen LogP contribution in [0.3, 0.4) is 0 Å². The maximum Gasteiger partial charge on any atom is 0.259 e. The number of hydrogen-bond donors (Lipinski definition) is 1. The molecule has 1 saturated heterocycles. The first kappa shape index (κ1) is 22.0. The first-order chi connectivity index (χ1) is 14.9. The number of likely N-dealkylation sites (tertiary alicyclic amines) is 1. The van der Waals surface area contributed by atoms with Crippen molar-refractivity contribution in [3.05, 3.63) is 71.8 Å². The van der Waals surface area contributed by atoms with Crippen LogP contribution in [-0.4, -0.2) is 60.2 Å². The number of carbonyl (C=O) groups excluding carboxylic acids is 1. The highest BCUT2D eigenvalue weighted by atomic mass is 16.3. The Balaban J connectivity index is 1.47. The molecule has 2 fully saturated rings. The molecule has 1 heterocycles. The van der Waals surface area contributed by atoms with Gasteiger partial charge in [-0.15, -0.1) is 0 Å². The second-order valence-electron chi connectivity index (χ2n) is 10.0. The van der Waals surface area contributed by atoms with Crippen LogP contribution in [0.25, 0.3) is 0 Å². The Morgan fingerprint density at radius 3 is 2.26 bits per heavy atom. The smallest absolute Gasteiger partial charge is 0.259 e. The summed E-state index contributed by atoms with van der Waals surface area (Å²) in [6.45, 7) is 2.50.